The van der Waals surface area contributed by atoms with Crippen molar-refractivity contribution < 1.29 is 13.9 Å². The first-order chi connectivity index (χ1) is 15.6. The molecule has 0 unspecified atom stereocenters. The van der Waals surface area contributed by atoms with E-state index in [-0.39, 0.29) is 18.2 Å². The highest BCUT2D eigenvalue weighted by Crippen LogP contribution is 2.24. The summed E-state index contributed by atoms with van der Waals surface area (Å²) in [6, 6.07) is 19.5. The van der Waals surface area contributed by atoms with E-state index < -0.39 is 0 Å². The van der Waals surface area contributed by atoms with Crippen LogP contribution in [-0.2, 0) is 4.79 Å². The van der Waals surface area contributed by atoms with E-state index in [4.69, 9.17) is 9.15 Å². The average Bonchev–Trinajstić information content (AvgIpc) is 3.26. The Kier molecular flexibility index (Phi) is 6.52. The first-order valence-electron chi connectivity index (χ1n) is 10.5. The Balaban J connectivity index is 1.34. The number of rotatable bonds is 6. The summed E-state index contributed by atoms with van der Waals surface area (Å²) < 4.78 is 11.5. The molecule has 0 radical (unpaired) electrons. The van der Waals surface area contributed by atoms with Crippen LogP contribution in [0.4, 0.5) is 5.88 Å². The molecular formula is C25H24N4O3. The standard InChI is InChI=1S/C25H24N4O3/c1-19-7-10-21(11-8-19)31-18-24(30)28-13-15-29(16-14-28)25-22(17-26)27-23(32-25)12-9-20-5-3-2-4-6-20/h2-12H,13-16,18H2,1H3/b12-9+. The second-order valence-corrected chi connectivity index (χ2v) is 7.53. The number of carbonyl (C=O) groups excluding carboxylic acids is 1. The number of nitriles is 1. The third-order valence-electron chi connectivity index (χ3n) is 5.25. The summed E-state index contributed by atoms with van der Waals surface area (Å²) in [4.78, 5) is 20.5. The zero-order valence-corrected chi connectivity index (χ0v) is 17.9. The summed E-state index contributed by atoms with van der Waals surface area (Å²) in [5, 5.41) is 9.48. The Bertz CT molecular complexity index is 1120. The van der Waals surface area contributed by atoms with Gasteiger partial charge in [0.05, 0.1) is 0 Å². The van der Waals surface area contributed by atoms with Gasteiger partial charge < -0.3 is 19.0 Å². The molecule has 0 atom stereocenters. The van der Waals surface area contributed by atoms with Crippen LogP contribution in [0.3, 0.4) is 0 Å². The van der Waals surface area contributed by atoms with Gasteiger partial charge in [0.25, 0.3) is 5.91 Å². The Morgan fingerprint density at radius 3 is 2.50 bits per heavy atom. The lowest BCUT2D eigenvalue weighted by Gasteiger charge is -2.34. The van der Waals surface area contributed by atoms with Crippen molar-refractivity contribution in [2.45, 2.75) is 6.92 Å². The maximum absolute atomic E-state index is 12.5. The van der Waals surface area contributed by atoms with E-state index in [9.17, 15) is 10.1 Å². The number of nitrogens with zero attached hydrogens (tertiary/aromatic N) is 4. The van der Waals surface area contributed by atoms with Crippen molar-refractivity contribution in [2.24, 2.45) is 0 Å². The summed E-state index contributed by atoms with van der Waals surface area (Å²) >= 11 is 0. The molecule has 162 valence electrons. The molecule has 0 spiro atoms. The monoisotopic (exact) mass is 428 g/mol. The van der Waals surface area contributed by atoms with Gasteiger partial charge in [0.1, 0.15) is 11.8 Å². The van der Waals surface area contributed by atoms with E-state index in [0.29, 0.717) is 43.7 Å². The van der Waals surface area contributed by atoms with Gasteiger partial charge in [0.2, 0.25) is 17.5 Å². The first kappa shape index (κ1) is 21.2. The van der Waals surface area contributed by atoms with Crippen LogP contribution in [0.15, 0.2) is 59.0 Å². The second kappa shape index (κ2) is 9.84. The lowest BCUT2D eigenvalue weighted by atomic mass is 10.2. The minimum absolute atomic E-state index is 0.00322. The van der Waals surface area contributed by atoms with Crippen molar-refractivity contribution in [3.05, 3.63) is 77.3 Å². The van der Waals surface area contributed by atoms with Crippen molar-refractivity contribution in [2.75, 3.05) is 37.7 Å². The first-order valence-corrected chi connectivity index (χ1v) is 10.5. The molecule has 0 aliphatic carbocycles. The molecule has 2 aromatic carbocycles. The number of piperazine rings is 1. The summed E-state index contributed by atoms with van der Waals surface area (Å²) in [5.41, 5.74) is 2.41. The molecule has 1 saturated heterocycles. The van der Waals surface area contributed by atoms with Crippen LogP contribution in [0.1, 0.15) is 22.7 Å². The lowest BCUT2D eigenvalue weighted by molar-refractivity contribution is -0.133. The largest absolute Gasteiger partial charge is 0.484 e. The Hall–Kier alpha value is -4.05. The number of ether oxygens (including phenoxy) is 1. The van der Waals surface area contributed by atoms with Crippen molar-refractivity contribution in [3.8, 4) is 11.8 Å². The van der Waals surface area contributed by atoms with E-state index in [1.54, 1.807) is 11.0 Å². The third kappa shape index (κ3) is 5.16. The number of amides is 1. The topological polar surface area (TPSA) is 82.6 Å². The maximum atomic E-state index is 12.5. The van der Waals surface area contributed by atoms with Gasteiger partial charge in [-0.3, -0.25) is 4.79 Å². The van der Waals surface area contributed by atoms with Crippen molar-refractivity contribution in [1.29, 1.82) is 5.26 Å². The number of hydrogen-bond acceptors (Lipinski definition) is 6. The van der Waals surface area contributed by atoms with Crippen LogP contribution in [0.25, 0.3) is 12.2 Å². The fourth-order valence-corrected chi connectivity index (χ4v) is 3.45. The van der Waals surface area contributed by atoms with Gasteiger partial charge in [0, 0.05) is 32.3 Å². The van der Waals surface area contributed by atoms with Gasteiger partial charge in [-0.25, -0.2) is 0 Å². The second-order valence-electron chi connectivity index (χ2n) is 7.53. The van der Waals surface area contributed by atoms with E-state index in [2.05, 4.69) is 11.1 Å². The zero-order chi connectivity index (χ0) is 22.3. The lowest BCUT2D eigenvalue weighted by Crippen LogP contribution is -2.50. The highest BCUT2D eigenvalue weighted by Gasteiger charge is 2.26. The van der Waals surface area contributed by atoms with E-state index in [1.807, 2.05) is 72.5 Å². The smallest absolute Gasteiger partial charge is 0.260 e. The van der Waals surface area contributed by atoms with E-state index in [1.165, 1.54) is 0 Å². The van der Waals surface area contributed by atoms with Crippen LogP contribution in [0, 0.1) is 18.3 Å². The number of aromatic nitrogens is 1. The summed E-state index contributed by atoms with van der Waals surface area (Å²) in [6.45, 7) is 4.17. The molecule has 3 aromatic rings. The van der Waals surface area contributed by atoms with Crippen molar-refractivity contribution in [1.82, 2.24) is 9.88 Å². The highest BCUT2D eigenvalue weighted by atomic mass is 16.5. The number of oxazole rings is 1. The van der Waals surface area contributed by atoms with Crippen molar-refractivity contribution >= 4 is 23.9 Å². The number of benzene rings is 2. The molecule has 0 N–H and O–H groups in total. The Morgan fingerprint density at radius 2 is 1.81 bits per heavy atom. The number of aryl methyl sites for hydroxylation is 1. The van der Waals surface area contributed by atoms with Gasteiger partial charge in [-0.2, -0.15) is 10.2 Å². The molecule has 2 heterocycles. The zero-order valence-electron chi connectivity index (χ0n) is 17.9. The fourth-order valence-electron chi connectivity index (χ4n) is 3.45. The Morgan fingerprint density at radius 1 is 1.09 bits per heavy atom. The van der Waals surface area contributed by atoms with Crippen LogP contribution in [0.2, 0.25) is 0 Å². The quantitative estimate of drug-likeness (QED) is 0.595. The molecular weight excluding hydrogens is 404 g/mol. The predicted molar refractivity (Wildman–Crippen MR) is 122 cm³/mol. The van der Waals surface area contributed by atoms with Crippen LogP contribution < -0.4 is 9.64 Å². The number of hydrogen-bond donors (Lipinski definition) is 0. The molecule has 4 rings (SSSR count). The van der Waals surface area contributed by atoms with Gasteiger partial charge in [-0.05, 0) is 30.7 Å². The molecule has 1 aliphatic heterocycles. The highest BCUT2D eigenvalue weighted by molar-refractivity contribution is 5.78. The Labute approximate surface area is 187 Å². The normalized spacial score (nSPS) is 13.9. The summed E-state index contributed by atoms with van der Waals surface area (Å²) in [7, 11) is 0. The van der Waals surface area contributed by atoms with Gasteiger partial charge in [-0.15, -0.1) is 0 Å². The molecule has 1 fully saturated rings. The van der Waals surface area contributed by atoms with Gasteiger partial charge in [0.15, 0.2) is 6.61 Å². The molecule has 1 aromatic heterocycles. The maximum Gasteiger partial charge on any atom is 0.260 e. The SMILES string of the molecule is Cc1ccc(OCC(=O)N2CCN(c3oc(/C=C/c4ccccc4)nc3C#N)CC2)cc1. The number of anilines is 1. The fraction of sp³-hybridized carbons (Fsp3) is 0.240. The van der Waals surface area contributed by atoms with E-state index in [0.717, 1.165) is 11.1 Å². The average molecular weight is 428 g/mol. The molecule has 7 heteroatoms. The molecule has 0 saturated carbocycles. The van der Waals surface area contributed by atoms with Crippen LogP contribution in [-0.4, -0.2) is 48.6 Å². The molecule has 32 heavy (non-hydrogen) atoms. The minimum atomic E-state index is -0.0604. The van der Waals surface area contributed by atoms with Gasteiger partial charge >= 0.3 is 0 Å². The molecule has 1 aliphatic rings. The van der Waals surface area contributed by atoms with Gasteiger partial charge in [-0.1, -0.05) is 48.0 Å². The summed E-state index contributed by atoms with van der Waals surface area (Å²) in [6.07, 6.45) is 3.64. The van der Waals surface area contributed by atoms with Crippen molar-refractivity contribution in [3.63, 3.8) is 0 Å². The molecule has 7 nitrogen and oxygen atoms in total. The molecule has 0 bridgehead atoms. The summed E-state index contributed by atoms with van der Waals surface area (Å²) in [5.74, 6) is 1.45. The number of carbonyl (C=O) groups is 1. The van der Waals surface area contributed by atoms with Crippen LogP contribution >= 0.6 is 0 Å². The molecule has 1 amide bonds. The third-order valence-corrected chi connectivity index (χ3v) is 5.25. The minimum Gasteiger partial charge on any atom is -0.484 e. The van der Waals surface area contributed by atoms with Crippen LogP contribution in [0.5, 0.6) is 5.75 Å². The predicted octanol–water partition coefficient (Wildman–Crippen LogP) is 3.75. The van der Waals surface area contributed by atoms with E-state index >= 15 is 0 Å².